The molecule has 1 atom stereocenters. The zero-order valence-corrected chi connectivity index (χ0v) is 20.3. The summed E-state index contributed by atoms with van der Waals surface area (Å²) in [5, 5.41) is 23.8. The van der Waals surface area contributed by atoms with Crippen LogP contribution in [0, 0.1) is 11.3 Å². The highest BCUT2D eigenvalue weighted by molar-refractivity contribution is 5.85. The van der Waals surface area contributed by atoms with Gasteiger partial charge in [0.25, 0.3) is 0 Å². The van der Waals surface area contributed by atoms with Gasteiger partial charge in [-0.2, -0.15) is 10.4 Å². The number of pyridine rings is 3. The molecule has 9 heteroatoms. The number of hydrogen-bond donors (Lipinski definition) is 1. The predicted molar refractivity (Wildman–Crippen MR) is 137 cm³/mol. The molecule has 5 heterocycles. The average molecular weight is 484 g/mol. The molecule has 184 valence electrons. The van der Waals surface area contributed by atoms with Crippen LogP contribution < -0.4 is 9.64 Å². The molecule has 4 aromatic heterocycles. The van der Waals surface area contributed by atoms with E-state index in [1.54, 1.807) is 16.9 Å². The summed E-state index contributed by atoms with van der Waals surface area (Å²) in [6, 6.07) is 14.2. The van der Waals surface area contributed by atoms with E-state index in [0.717, 1.165) is 55.4 Å². The van der Waals surface area contributed by atoms with Gasteiger partial charge in [0.15, 0.2) is 0 Å². The minimum Gasteiger partial charge on any atom is -0.489 e. The molecule has 5 rings (SSSR count). The molecular formula is C27H29N7O2. The molecule has 1 aliphatic heterocycles. The lowest BCUT2D eigenvalue weighted by Crippen LogP contribution is -2.46. The van der Waals surface area contributed by atoms with E-state index in [2.05, 4.69) is 32.0 Å². The van der Waals surface area contributed by atoms with Gasteiger partial charge in [-0.05, 0) is 36.8 Å². The summed E-state index contributed by atoms with van der Waals surface area (Å²) in [5.41, 5.74) is 3.96. The summed E-state index contributed by atoms with van der Waals surface area (Å²) in [5.74, 6) is 1.51. The molecule has 0 saturated carbocycles. The van der Waals surface area contributed by atoms with Gasteiger partial charge in [-0.25, -0.2) is 9.50 Å². The molecule has 1 aliphatic rings. The second-order valence-electron chi connectivity index (χ2n) is 8.92. The molecule has 0 spiro atoms. The lowest BCUT2D eigenvalue weighted by Gasteiger charge is -2.35. The van der Waals surface area contributed by atoms with E-state index < -0.39 is 6.10 Å². The van der Waals surface area contributed by atoms with Crippen molar-refractivity contribution >= 4 is 11.3 Å². The number of nitrogens with zero attached hydrogens (tertiary/aromatic N) is 7. The van der Waals surface area contributed by atoms with Crippen molar-refractivity contribution in [2.24, 2.45) is 0 Å². The maximum Gasteiger partial charge on any atom is 0.138 e. The SMILES string of the molecule is CCC(O)COc1cc(-c2ccc(N3CCN(Cc4ccccn4)CC3)nc2)c2c(C#N)cnn2c1. The highest BCUT2D eigenvalue weighted by Crippen LogP contribution is 2.31. The van der Waals surface area contributed by atoms with Crippen LogP contribution in [0.5, 0.6) is 5.75 Å². The highest BCUT2D eigenvalue weighted by atomic mass is 16.5. The largest absolute Gasteiger partial charge is 0.489 e. The second-order valence-corrected chi connectivity index (χ2v) is 8.92. The fraction of sp³-hybridized carbons (Fsp3) is 0.333. The topological polar surface area (TPSA) is 103 Å². The third-order valence-corrected chi connectivity index (χ3v) is 6.49. The first-order valence-corrected chi connectivity index (χ1v) is 12.2. The van der Waals surface area contributed by atoms with Gasteiger partial charge in [0.2, 0.25) is 0 Å². The standard InChI is InChI=1S/C27H29N7O2/c1-2-23(35)19-36-24-13-25(27-21(14-28)16-31-34(27)18-24)20-6-7-26(30-15-20)33-11-9-32(10-12-33)17-22-5-3-4-8-29-22/h3-8,13,15-16,18,23,35H,2,9-12,17,19H2,1H3. The molecule has 0 amide bonds. The van der Waals surface area contributed by atoms with Crippen molar-refractivity contribution in [1.29, 1.82) is 5.26 Å². The molecule has 1 saturated heterocycles. The zero-order chi connectivity index (χ0) is 24.9. The molecule has 1 N–H and O–H groups in total. The summed E-state index contributed by atoms with van der Waals surface area (Å²) < 4.78 is 7.46. The Hall–Kier alpha value is -4.00. The Balaban J connectivity index is 1.33. The van der Waals surface area contributed by atoms with Crippen molar-refractivity contribution in [2.45, 2.75) is 26.0 Å². The van der Waals surface area contributed by atoms with E-state index >= 15 is 0 Å². The Morgan fingerprint density at radius 3 is 2.67 bits per heavy atom. The molecule has 1 unspecified atom stereocenters. The van der Waals surface area contributed by atoms with Crippen LogP contribution in [0.4, 0.5) is 5.82 Å². The minimum atomic E-state index is -0.540. The fourth-order valence-corrected chi connectivity index (χ4v) is 4.38. The Morgan fingerprint density at radius 2 is 1.97 bits per heavy atom. The third kappa shape index (κ3) is 5.15. The highest BCUT2D eigenvalue weighted by Gasteiger charge is 2.19. The second kappa shape index (κ2) is 10.7. The van der Waals surface area contributed by atoms with Crippen molar-refractivity contribution in [3.8, 4) is 22.9 Å². The van der Waals surface area contributed by atoms with Crippen LogP contribution in [0.3, 0.4) is 0 Å². The first-order valence-electron chi connectivity index (χ1n) is 12.2. The molecule has 0 aliphatic carbocycles. The number of fused-ring (bicyclic) bond motifs is 1. The number of nitriles is 1. The molecule has 0 bridgehead atoms. The normalized spacial score (nSPS) is 15.1. The van der Waals surface area contributed by atoms with E-state index in [1.807, 2.05) is 49.6 Å². The maximum atomic E-state index is 9.89. The molecular weight excluding hydrogens is 454 g/mol. The fourth-order valence-electron chi connectivity index (χ4n) is 4.38. The summed E-state index contributed by atoms with van der Waals surface area (Å²) >= 11 is 0. The molecule has 36 heavy (non-hydrogen) atoms. The number of ether oxygens (including phenoxy) is 1. The van der Waals surface area contributed by atoms with Crippen molar-refractivity contribution in [3.05, 3.63) is 72.4 Å². The van der Waals surface area contributed by atoms with Crippen LogP contribution in [-0.4, -0.2) is 68.5 Å². The van der Waals surface area contributed by atoms with Gasteiger partial charge in [0, 0.05) is 56.2 Å². The number of rotatable bonds is 8. The lowest BCUT2D eigenvalue weighted by atomic mass is 10.1. The average Bonchev–Trinajstić information content (AvgIpc) is 3.35. The Bertz CT molecular complexity index is 1340. The van der Waals surface area contributed by atoms with Crippen molar-refractivity contribution < 1.29 is 9.84 Å². The maximum absolute atomic E-state index is 9.89. The van der Waals surface area contributed by atoms with Crippen molar-refractivity contribution in [2.75, 3.05) is 37.7 Å². The lowest BCUT2D eigenvalue weighted by molar-refractivity contribution is 0.104. The number of hydrogen-bond acceptors (Lipinski definition) is 8. The summed E-state index contributed by atoms with van der Waals surface area (Å²) in [6.45, 7) is 6.65. The van der Waals surface area contributed by atoms with Crippen molar-refractivity contribution in [3.63, 3.8) is 0 Å². The van der Waals surface area contributed by atoms with E-state index in [-0.39, 0.29) is 6.61 Å². The third-order valence-electron chi connectivity index (χ3n) is 6.49. The van der Waals surface area contributed by atoms with Gasteiger partial charge in [0.05, 0.1) is 35.3 Å². The number of anilines is 1. The van der Waals surface area contributed by atoms with Gasteiger partial charge in [-0.15, -0.1) is 0 Å². The molecule has 9 nitrogen and oxygen atoms in total. The van der Waals surface area contributed by atoms with Crippen LogP contribution in [0.1, 0.15) is 24.6 Å². The van der Waals surface area contributed by atoms with Gasteiger partial charge >= 0.3 is 0 Å². The molecule has 4 aromatic rings. The van der Waals surface area contributed by atoms with E-state index in [1.165, 1.54) is 0 Å². The summed E-state index contributed by atoms with van der Waals surface area (Å²) in [6.07, 6.45) is 7.03. The smallest absolute Gasteiger partial charge is 0.138 e. The molecule has 1 fully saturated rings. The van der Waals surface area contributed by atoms with Crippen LogP contribution in [0.25, 0.3) is 16.6 Å². The Kier molecular flexibility index (Phi) is 7.07. The van der Waals surface area contributed by atoms with E-state index in [4.69, 9.17) is 9.72 Å². The first kappa shape index (κ1) is 23.7. The molecule has 0 radical (unpaired) electrons. The Labute approximate surface area is 210 Å². The number of aliphatic hydroxyl groups is 1. The van der Waals surface area contributed by atoms with Crippen LogP contribution in [0.15, 0.2) is 61.2 Å². The quantitative estimate of drug-likeness (QED) is 0.408. The monoisotopic (exact) mass is 483 g/mol. The minimum absolute atomic E-state index is 0.192. The van der Waals surface area contributed by atoms with Gasteiger partial charge in [-0.1, -0.05) is 13.0 Å². The number of aliphatic hydroxyl groups excluding tert-OH is 1. The number of aromatic nitrogens is 4. The van der Waals surface area contributed by atoms with Crippen LogP contribution >= 0.6 is 0 Å². The number of piperazine rings is 1. The first-order chi connectivity index (χ1) is 17.6. The van der Waals surface area contributed by atoms with E-state index in [9.17, 15) is 10.4 Å². The van der Waals surface area contributed by atoms with Gasteiger partial charge < -0.3 is 14.7 Å². The van der Waals surface area contributed by atoms with Crippen molar-refractivity contribution in [1.82, 2.24) is 24.5 Å². The van der Waals surface area contributed by atoms with Gasteiger partial charge in [0.1, 0.15) is 24.2 Å². The predicted octanol–water partition coefficient (Wildman–Crippen LogP) is 3.13. The summed E-state index contributed by atoms with van der Waals surface area (Å²) in [4.78, 5) is 13.9. The van der Waals surface area contributed by atoms with E-state index in [0.29, 0.717) is 23.3 Å². The zero-order valence-electron chi connectivity index (χ0n) is 20.3. The molecule has 0 aromatic carbocycles. The Morgan fingerprint density at radius 1 is 1.11 bits per heavy atom. The summed E-state index contributed by atoms with van der Waals surface area (Å²) in [7, 11) is 0. The van der Waals surface area contributed by atoms with Crippen LogP contribution in [0.2, 0.25) is 0 Å². The van der Waals surface area contributed by atoms with Crippen LogP contribution in [-0.2, 0) is 6.54 Å². The van der Waals surface area contributed by atoms with Gasteiger partial charge in [-0.3, -0.25) is 9.88 Å².